The minimum atomic E-state index is 0. The highest BCUT2D eigenvalue weighted by Crippen LogP contribution is 1.81. The van der Waals surface area contributed by atoms with Crippen LogP contribution in [0.1, 0.15) is 19.3 Å². The van der Waals surface area contributed by atoms with Crippen LogP contribution in [0.25, 0.3) is 0 Å². The number of rotatable bonds is 7. The van der Waals surface area contributed by atoms with Gasteiger partial charge in [0.15, 0.2) is 0 Å². The first kappa shape index (κ1) is 13.7. The number of hydrogen-bond donors (Lipinski definition) is 3. The van der Waals surface area contributed by atoms with E-state index in [0.29, 0.717) is 0 Å². The van der Waals surface area contributed by atoms with Crippen molar-refractivity contribution in [2.75, 3.05) is 26.2 Å². The average Bonchev–Trinajstić information content (AvgIpc) is 1.97. The molecule has 0 aromatic rings. The highest BCUT2D eigenvalue weighted by atomic mass is 35.5. The summed E-state index contributed by atoms with van der Waals surface area (Å²) in [5.41, 5.74) is 10.6. The van der Waals surface area contributed by atoms with Crippen LogP contribution in [0, 0.1) is 0 Å². The Balaban J connectivity index is 0. The molecule has 0 aromatic carbocycles. The Morgan fingerprint density at radius 2 is 1.36 bits per heavy atom. The first-order valence-electron chi connectivity index (χ1n) is 4.02. The maximum absolute atomic E-state index is 5.32. The molecule has 0 aliphatic rings. The van der Waals surface area contributed by atoms with Crippen LogP contribution in [0.3, 0.4) is 0 Å². The van der Waals surface area contributed by atoms with Crippen LogP contribution < -0.4 is 29.2 Å². The molecular formula is C7H19ClN3-. The Labute approximate surface area is 75.3 Å². The Hall–Kier alpha value is 0.170. The molecule has 3 nitrogen and oxygen atoms in total. The predicted octanol–water partition coefficient (Wildman–Crippen LogP) is -3.33. The Bertz CT molecular complexity index is 53.6. The van der Waals surface area contributed by atoms with Crippen molar-refractivity contribution in [3.8, 4) is 0 Å². The summed E-state index contributed by atoms with van der Waals surface area (Å²) < 4.78 is 0. The molecule has 0 radical (unpaired) electrons. The highest BCUT2D eigenvalue weighted by molar-refractivity contribution is 4.49. The maximum atomic E-state index is 5.32. The van der Waals surface area contributed by atoms with Crippen molar-refractivity contribution >= 4 is 0 Å². The molecule has 5 N–H and O–H groups in total. The molecule has 0 spiro atoms. The summed E-state index contributed by atoms with van der Waals surface area (Å²) >= 11 is 0. The molecule has 0 heterocycles. The number of nitrogens with one attached hydrogen (secondary N) is 1. The molecule has 70 valence electrons. The normalized spacial score (nSPS) is 9.27. The molecule has 11 heavy (non-hydrogen) atoms. The largest absolute Gasteiger partial charge is 1.00 e. The van der Waals surface area contributed by atoms with Gasteiger partial charge in [0, 0.05) is 0 Å². The summed E-state index contributed by atoms with van der Waals surface area (Å²) in [7, 11) is 0. The molecule has 0 bridgehead atoms. The third kappa shape index (κ3) is 13.2. The van der Waals surface area contributed by atoms with Crippen molar-refractivity contribution in [1.29, 1.82) is 0 Å². The van der Waals surface area contributed by atoms with E-state index < -0.39 is 0 Å². The zero-order chi connectivity index (χ0) is 7.66. The minimum Gasteiger partial charge on any atom is -1.00 e. The van der Waals surface area contributed by atoms with Gasteiger partial charge in [-0.2, -0.15) is 0 Å². The molecule has 0 aliphatic carbocycles. The van der Waals surface area contributed by atoms with E-state index in [1.54, 1.807) is 0 Å². The van der Waals surface area contributed by atoms with E-state index in [-0.39, 0.29) is 12.4 Å². The molecule has 0 amide bonds. The van der Waals surface area contributed by atoms with Crippen molar-refractivity contribution < 1.29 is 12.4 Å². The fraction of sp³-hybridized carbons (Fsp3) is 1.00. The van der Waals surface area contributed by atoms with E-state index in [2.05, 4.69) is 5.32 Å². The lowest BCUT2D eigenvalue weighted by atomic mass is 10.3. The van der Waals surface area contributed by atoms with Crippen molar-refractivity contribution in [2.24, 2.45) is 11.5 Å². The van der Waals surface area contributed by atoms with Gasteiger partial charge < -0.3 is 29.2 Å². The van der Waals surface area contributed by atoms with Gasteiger partial charge in [-0.15, -0.1) is 0 Å². The molecule has 0 aliphatic heterocycles. The zero-order valence-electron chi connectivity index (χ0n) is 6.98. The summed E-state index contributed by atoms with van der Waals surface area (Å²) in [4.78, 5) is 0. The first-order chi connectivity index (χ1) is 4.91. The maximum Gasteiger partial charge on any atom is -0.00369 e. The van der Waals surface area contributed by atoms with Gasteiger partial charge in [0.2, 0.25) is 0 Å². The second kappa shape index (κ2) is 12.8. The summed E-state index contributed by atoms with van der Waals surface area (Å²) in [6.07, 6.45) is 3.37. The molecule has 0 rings (SSSR count). The van der Waals surface area contributed by atoms with Gasteiger partial charge in [-0.1, -0.05) is 0 Å². The van der Waals surface area contributed by atoms with Crippen LogP contribution in [0.2, 0.25) is 0 Å². The molecule has 0 atom stereocenters. The lowest BCUT2D eigenvalue weighted by Gasteiger charge is -2.01. The topological polar surface area (TPSA) is 64.1 Å². The van der Waals surface area contributed by atoms with E-state index in [9.17, 15) is 0 Å². The predicted molar refractivity (Wildman–Crippen MR) is 44.8 cm³/mol. The van der Waals surface area contributed by atoms with Crippen LogP contribution in [0.15, 0.2) is 0 Å². The van der Waals surface area contributed by atoms with E-state index in [4.69, 9.17) is 11.5 Å². The fourth-order valence-electron chi connectivity index (χ4n) is 0.746. The lowest BCUT2D eigenvalue weighted by molar-refractivity contribution is -0.00000242. The summed E-state index contributed by atoms with van der Waals surface area (Å²) in [6.45, 7) is 3.71. The standard InChI is InChI=1S/C7H19N3.ClH/c8-4-1-2-6-10-7-3-5-9;/h10H,1-9H2;1H/p-1. The Morgan fingerprint density at radius 1 is 0.818 bits per heavy atom. The zero-order valence-corrected chi connectivity index (χ0v) is 7.74. The highest BCUT2D eigenvalue weighted by Gasteiger charge is 1.85. The smallest absolute Gasteiger partial charge is 0.00369 e. The van der Waals surface area contributed by atoms with E-state index in [1.165, 1.54) is 6.42 Å². The molecular weight excluding hydrogens is 162 g/mol. The average molecular weight is 181 g/mol. The van der Waals surface area contributed by atoms with Crippen LogP contribution in [-0.4, -0.2) is 26.2 Å². The van der Waals surface area contributed by atoms with Crippen LogP contribution in [-0.2, 0) is 0 Å². The van der Waals surface area contributed by atoms with Crippen LogP contribution in [0.4, 0.5) is 0 Å². The summed E-state index contributed by atoms with van der Waals surface area (Å²) in [5.74, 6) is 0. The molecule has 0 fully saturated rings. The van der Waals surface area contributed by atoms with Crippen molar-refractivity contribution in [3.05, 3.63) is 0 Å². The monoisotopic (exact) mass is 180 g/mol. The third-order valence-corrected chi connectivity index (χ3v) is 1.37. The minimum absolute atomic E-state index is 0. The third-order valence-electron chi connectivity index (χ3n) is 1.37. The van der Waals surface area contributed by atoms with Gasteiger partial charge in [0.1, 0.15) is 0 Å². The van der Waals surface area contributed by atoms with Crippen LogP contribution in [0.5, 0.6) is 0 Å². The van der Waals surface area contributed by atoms with Gasteiger partial charge in [-0.05, 0) is 45.4 Å². The fourth-order valence-corrected chi connectivity index (χ4v) is 0.746. The van der Waals surface area contributed by atoms with Gasteiger partial charge in [-0.3, -0.25) is 0 Å². The molecule has 4 heteroatoms. The van der Waals surface area contributed by atoms with Crippen molar-refractivity contribution in [3.63, 3.8) is 0 Å². The molecule has 0 saturated carbocycles. The summed E-state index contributed by atoms with van der Waals surface area (Å²) in [6, 6.07) is 0. The molecule has 0 unspecified atom stereocenters. The van der Waals surface area contributed by atoms with Crippen molar-refractivity contribution in [1.82, 2.24) is 5.32 Å². The second-order valence-corrected chi connectivity index (χ2v) is 2.39. The van der Waals surface area contributed by atoms with Crippen molar-refractivity contribution in [2.45, 2.75) is 19.3 Å². The van der Waals surface area contributed by atoms with Crippen LogP contribution >= 0.6 is 0 Å². The number of hydrogen-bond acceptors (Lipinski definition) is 3. The number of nitrogens with two attached hydrogens (primary N) is 2. The Kier molecular flexibility index (Phi) is 16.0. The SMILES string of the molecule is NCCCCNCCCN.[Cl-]. The quantitative estimate of drug-likeness (QED) is 0.359. The first-order valence-corrected chi connectivity index (χ1v) is 4.02. The lowest BCUT2D eigenvalue weighted by Crippen LogP contribution is -3.00. The van der Waals surface area contributed by atoms with Gasteiger partial charge in [0.05, 0.1) is 0 Å². The number of unbranched alkanes of at least 4 members (excludes halogenated alkanes) is 1. The molecule has 0 saturated heterocycles. The van der Waals surface area contributed by atoms with E-state index in [0.717, 1.165) is 39.0 Å². The van der Waals surface area contributed by atoms with Gasteiger partial charge >= 0.3 is 0 Å². The Morgan fingerprint density at radius 3 is 1.91 bits per heavy atom. The molecule has 0 aromatic heterocycles. The number of halogens is 1. The second-order valence-electron chi connectivity index (χ2n) is 2.39. The van der Waals surface area contributed by atoms with E-state index in [1.807, 2.05) is 0 Å². The van der Waals surface area contributed by atoms with Gasteiger partial charge in [-0.25, -0.2) is 0 Å². The van der Waals surface area contributed by atoms with E-state index >= 15 is 0 Å². The summed E-state index contributed by atoms with van der Waals surface area (Å²) in [5, 5.41) is 3.29. The van der Waals surface area contributed by atoms with Gasteiger partial charge in [0.25, 0.3) is 0 Å².